The van der Waals surface area contributed by atoms with Crippen LogP contribution in [0.5, 0.6) is 0 Å². The zero-order valence-electron chi connectivity index (χ0n) is 25.7. The van der Waals surface area contributed by atoms with Crippen LogP contribution in [0.3, 0.4) is 0 Å². The molecule has 8 rings (SSSR count). The zero-order valence-corrected chi connectivity index (χ0v) is 25.7. The molecule has 1 heterocycles. The van der Waals surface area contributed by atoms with E-state index in [9.17, 15) is 0 Å². The molecule has 0 amide bonds. The van der Waals surface area contributed by atoms with Crippen LogP contribution in [0.25, 0.3) is 0 Å². The second-order valence-corrected chi connectivity index (χ2v) is 13.8. The lowest BCUT2D eigenvalue weighted by Crippen LogP contribution is -2.35. The first kappa shape index (κ1) is 27.1. The molecular weight excluding hydrogens is 520 g/mol. The Labute approximate surface area is 258 Å². The third kappa shape index (κ3) is 4.97. The van der Waals surface area contributed by atoms with Crippen molar-refractivity contribution in [2.75, 3.05) is 0 Å². The molecule has 1 fully saturated rings. The Bertz CT molecular complexity index is 1520. The highest BCUT2D eigenvalue weighted by atomic mass is 15.2. The van der Waals surface area contributed by atoms with E-state index in [1.165, 1.54) is 49.2 Å². The number of nitrogens with zero attached hydrogens (tertiary/aromatic N) is 1. The van der Waals surface area contributed by atoms with Gasteiger partial charge >= 0.3 is 0 Å². The fourth-order valence-electron chi connectivity index (χ4n) is 9.23. The molecular formula is C41H46N2. The highest BCUT2D eigenvalue weighted by Crippen LogP contribution is 2.50. The van der Waals surface area contributed by atoms with Gasteiger partial charge in [-0.05, 0) is 110 Å². The number of hydrogen-bond donors (Lipinski definition) is 1. The smallest absolute Gasteiger partial charge is 0.0609 e. The molecule has 220 valence electrons. The van der Waals surface area contributed by atoms with Crippen LogP contribution in [0, 0.1) is 29.6 Å². The summed E-state index contributed by atoms with van der Waals surface area (Å²) in [6, 6.07) is 0.958. The molecule has 2 nitrogen and oxygen atoms in total. The normalized spacial score (nSPS) is 35.9. The van der Waals surface area contributed by atoms with Crippen molar-refractivity contribution in [2.24, 2.45) is 29.6 Å². The van der Waals surface area contributed by atoms with Gasteiger partial charge in [-0.2, -0.15) is 0 Å². The molecule has 0 aromatic heterocycles. The minimum absolute atomic E-state index is 0.436. The minimum Gasteiger partial charge on any atom is -0.382 e. The molecule has 0 aromatic rings. The number of rotatable bonds is 5. The lowest BCUT2D eigenvalue weighted by molar-refractivity contribution is 0.301. The fourth-order valence-corrected chi connectivity index (χ4v) is 9.23. The topological polar surface area (TPSA) is 15.3 Å². The monoisotopic (exact) mass is 566 g/mol. The maximum Gasteiger partial charge on any atom is 0.0609 e. The van der Waals surface area contributed by atoms with Crippen LogP contribution in [0.4, 0.5) is 0 Å². The summed E-state index contributed by atoms with van der Waals surface area (Å²) >= 11 is 0. The van der Waals surface area contributed by atoms with Crippen molar-refractivity contribution in [3.8, 4) is 0 Å². The SMILES string of the molecule is CC1C=CC2C=CC=CC2C1C1=CC=C(N2C3=CC=CCC3C3=C(NC4CC=C(C5=CC=CCC5)CC4)C=CCC32)CC1. The molecule has 0 radical (unpaired) electrons. The van der Waals surface area contributed by atoms with Crippen LogP contribution >= 0.6 is 0 Å². The standard InChI is InChI=1S/C41H46N2/c1-28-18-19-31-12-5-6-13-35(31)40(28)32-22-26-34(27-23-32)43-38-16-8-7-14-36(38)41-37(15-9-17-39(41)43)42-33-24-20-30(21-25-33)29-10-3-2-4-11-29/h2-3,5-10,12-13,15-16,18-20,22,26,28,31,33,35-36,39-40,42H,4,11,14,17,21,23-25,27H2,1H3. The Balaban J connectivity index is 1.05. The summed E-state index contributed by atoms with van der Waals surface area (Å²) in [6.07, 6.45) is 51.1. The summed E-state index contributed by atoms with van der Waals surface area (Å²) < 4.78 is 0. The van der Waals surface area contributed by atoms with Gasteiger partial charge in [0, 0.05) is 35.0 Å². The van der Waals surface area contributed by atoms with Crippen LogP contribution in [-0.2, 0) is 0 Å². The molecule has 0 aromatic carbocycles. The Kier molecular flexibility index (Phi) is 7.25. The van der Waals surface area contributed by atoms with E-state index >= 15 is 0 Å². The van der Waals surface area contributed by atoms with Crippen molar-refractivity contribution in [1.82, 2.24) is 10.2 Å². The maximum absolute atomic E-state index is 4.08. The molecule has 7 unspecified atom stereocenters. The van der Waals surface area contributed by atoms with Crippen molar-refractivity contribution in [3.63, 3.8) is 0 Å². The van der Waals surface area contributed by atoms with Gasteiger partial charge in [0.1, 0.15) is 0 Å². The number of fused-ring (bicyclic) bond motifs is 4. The first-order valence-electron chi connectivity index (χ1n) is 17.1. The number of allylic oxidation sites excluding steroid dienone is 20. The maximum atomic E-state index is 4.08. The van der Waals surface area contributed by atoms with Crippen molar-refractivity contribution in [3.05, 3.63) is 143 Å². The quantitative estimate of drug-likeness (QED) is 0.333. The van der Waals surface area contributed by atoms with E-state index in [0.29, 0.717) is 41.7 Å². The van der Waals surface area contributed by atoms with E-state index in [4.69, 9.17) is 0 Å². The summed E-state index contributed by atoms with van der Waals surface area (Å²) in [7, 11) is 0. The highest BCUT2D eigenvalue weighted by molar-refractivity contribution is 5.49. The Morgan fingerprint density at radius 3 is 2.53 bits per heavy atom. The highest BCUT2D eigenvalue weighted by Gasteiger charge is 2.44. The van der Waals surface area contributed by atoms with Gasteiger partial charge in [-0.3, -0.25) is 0 Å². The Morgan fingerprint density at radius 2 is 1.70 bits per heavy atom. The molecule has 7 aliphatic carbocycles. The van der Waals surface area contributed by atoms with Gasteiger partial charge in [0.25, 0.3) is 0 Å². The first-order valence-corrected chi connectivity index (χ1v) is 17.1. The molecule has 0 spiro atoms. The number of nitrogens with one attached hydrogen (secondary N) is 1. The molecule has 1 saturated heterocycles. The van der Waals surface area contributed by atoms with Crippen LogP contribution in [0.1, 0.15) is 64.7 Å². The Morgan fingerprint density at radius 1 is 0.767 bits per heavy atom. The van der Waals surface area contributed by atoms with E-state index in [1.54, 1.807) is 22.3 Å². The van der Waals surface area contributed by atoms with Crippen LogP contribution in [0.15, 0.2) is 143 Å². The lowest BCUT2D eigenvalue weighted by atomic mass is 9.65. The van der Waals surface area contributed by atoms with Gasteiger partial charge in [0.15, 0.2) is 0 Å². The second-order valence-electron chi connectivity index (χ2n) is 13.8. The van der Waals surface area contributed by atoms with E-state index < -0.39 is 0 Å². The summed E-state index contributed by atoms with van der Waals surface area (Å²) in [5.41, 5.74) is 10.9. The fraction of sp³-hybridized carbons (Fsp3) is 0.415. The molecule has 7 atom stereocenters. The lowest BCUT2D eigenvalue weighted by Gasteiger charge is -2.40. The molecule has 2 heteroatoms. The molecule has 8 aliphatic rings. The van der Waals surface area contributed by atoms with Crippen molar-refractivity contribution in [1.29, 1.82) is 0 Å². The number of likely N-dealkylation sites (tertiary alicyclic amines) is 1. The molecule has 1 N–H and O–H groups in total. The Hall–Kier alpha value is -3.52. The molecule has 0 saturated carbocycles. The molecule has 43 heavy (non-hydrogen) atoms. The van der Waals surface area contributed by atoms with Gasteiger partial charge in [0.2, 0.25) is 0 Å². The van der Waals surface area contributed by atoms with Gasteiger partial charge in [-0.25, -0.2) is 0 Å². The van der Waals surface area contributed by atoms with Crippen molar-refractivity contribution in [2.45, 2.75) is 76.8 Å². The van der Waals surface area contributed by atoms with E-state index in [2.05, 4.69) is 120 Å². The van der Waals surface area contributed by atoms with Gasteiger partial charge < -0.3 is 10.2 Å². The van der Waals surface area contributed by atoms with Crippen molar-refractivity contribution < 1.29 is 0 Å². The van der Waals surface area contributed by atoms with Gasteiger partial charge in [-0.1, -0.05) is 97.6 Å². The minimum atomic E-state index is 0.436. The molecule has 0 bridgehead atoms. The van der Waals surface area contributed by atoms with Crippen LogP contribution in [-0.4, -0.2) is 17.0 Å². The predicted octanol–water partition coefficient (Wildman–Crippen LogP) is 9.47. The zero-order chi connectivity index (χ0) is 28.8. The second kappa shape index (κ2) is 11.5. The average Bonchev–Trinajstić information content (AvgIpc) is 3.41. The van der Waals surface area contributed by atoms with Crippen LogP contribution in [0.2, 0.25) is 0 Å². The third-order valence-electron chi connectivity index (χ3n) is 11.3. The van der Waals surface area contributed by atoms with Gasteiger partial charge in [0.05, 0.1) is 6.04 Å². The van der Waals surface area contributed by atoms with E-state index in [1.807, 2.05) is 0 Å². The third-order valence-corrected chi connectivity index (χ3v) is 11.3. The summed E-state index contributed by atoms with van der Waals surface area (Å²) in [4.78, 5) is 2.75. The first-order chi connectivity index (χ1) is 21.2. The average molecular weight is 567 g/mol. The van der Waals surface area contributed by atoms with Crippen molar-refractivity contribution >= 4 is 0 Å². The largest absolute Gasteiger partial charge is 0.382 e. The summed E-state index contributed by atoms with van der Waals surface area (Å²) in [5.74, 6) is 2.84. The van der Waals surface area contributed by atoms with E-state index in [0.717, 1.165) is 25.7 Å². The summed E-state index contributed by atoms with van der Waals surface area (Å²) in [6.45, 7) is 2.42. The predicted molar refractivity (Wildman–Crippen MR) is 180 cm³/mol. The van der Waals surface area contributed by atoms with Crippen LogP contribution < -0.4 is 5.32 Å². The van der Waals surface area contributed by atoms with Gasteiger partial charge in [-0.15, -0.1) is 0 Å². The summed E-state index contributed by atoms with van der Waals surface area (Å²) in [5, 5.41) is 4.08. The van der Waals surface area contributed by atoms with E-state index in [-0.39, 0.29) is 0 Å². The number of hydrogen-bond acceptors (Lipinski definition) is 2. The molecule has 1 aliphatic heterocycles.